The Kier molecular flexibility index (Phi) is 4.27. The first kappa shape index (κ1) is 14.5. The molecule has 0 aliphatic heterocycles. The van der Waals surface area contributed by atoms with Gasteiger partial charge in [0.05, 0.1) is 6.61 Å². The first-order valence-corrected chi connectivity index (χ1v) is 9.31. The highest BCUT2D eigenvalue weighted by atomic mass is 32.1. The highest BCUT2D eigenvalue weighted by Gasteiger charge is 2.37. The summed E-state index contributed by atoms with van der Waals surface area (Å²) in [5.74, 6) is -0.228. The van der Waals surface area contributed by atoms with Gasteiger partial charge in [-0.05, 0) is 18.1 Å². The molecule has 0 aliphatic rings. The molecule has 1 aromatic rings. The molecule has 0 saturated heterocycles. The van der Waals surface area contributed by atoms with Crippen LogP contribution in [0.25, 0.3) is 0 Å². The van der Waals surface area contributed by atoms with Crippen LogP contribution >= 0.6 is 11.3 Å². The zero-order valence-corrected chi connectivity index (χ0v) is 13.0. The summed E-state index contributed by atoms with van der Waals surface area (Å²) in [6.45, 7) is 14.9. The Bertz CT molecular complexity index is 407. The van der Waals surface area contributed by atoms with Crippen molar-refractivity contribution in [1.29, 1.82) is 0 Å². The van der Waals surface area contributed by atoms with E-state index in [1.165, 1.54) is 11.3 Å². The van der Waals surface area contributed by atoms with Crippen LogP contribution in [0.3, 0.4) is 0 Å². The minimum Gasteiger partial charge on any atom is -0.412 e. The average molecular weight is 270 g/mol. The molecule has 1 heterocycles. The summed E-state index contributed by atoms with van der Waals surface area (Å²) in [6.07, 6.45) is 1.70. The number of thiazole rings is 1. The maximum Gasteiger partial charge on any atom is 0.192 e. The number of aromatic nitrogens is 1. The Morgan fingerprint density at radius 1 is 1.53 bits per heavy atom. The van der Waals surface area contributed by atoms with Crippen molar-refractivity contribution in [2.75, 3.05) is 0 Å². The topological polar surface area (TPSA) is 39.2 Å². The highest BCUT2D eigenvalue weighted by Crippen LogP contribution is 2.37. The van der Waals surface area contributed by atoms with Crippen molar-refractivity contribution in [2.24, 2.45) is 0 Å². The zero-order valence-electron chi connectivity index (χ0n) is 11.2. The van der Waals surface area contributed by atoms with Crippen LogP contribution in [0.15, 0.2) is 6.20 Å². The van der Waals surface area contributed by atoms with E-state index >= 15 is 0 Å². The molecule has 0 bridgehead atoms. The smallest absolute Gasteiger partial charge is 0.192 e. The van der Waals surface area contributed by atoms with Gasteiger partial charge in [0.15, 0.2) is 19.1 Å². The lowest BCUT2D eigenvalue weighted by Gasteiger charge is -2.35. The molecule has 0 N–H and O–H groups in total. The molecule has 5 heteroatoms. The van der Waals surface area contributed by atoms with Crippen LogP contribution in [0, 0.1) is 6.92 Å². The number of rotatable bonds is 4. The van der Waals surface area contributed by atoms with Crippen molar-refractivity contribution in [3.8, 4) is 0 Å². The van der Waals surface area contributed by atoms with Gasteiger partial charge in [0.1, 0.15) is 0 Å². The van der Waals surface area contributed by atoms with E-state index in [0.717, 1.165) is 4.88 Å². The van der Waals surface area contributed by atoms with Crippen LogP contribution < -0.4 is 0 Å². The molecule has 1 radical (unpaired) electrons. The number of Topliss-reactive ketones (excluding diaryl/α,β-unsaturated/α-hetero) is 1. The summed E-state index contributed by atoms with van der Waals surface area (Å²) < 4.78 is 6.05. The largest absolute Gasteiger partial charge is 0.412 e. The third-order valence-corrected chi connectivity index (χ3v) is 8.66. The maximum atomic E-state index is 11.0. The molecule has 1 aromatic heterocycles. The van der Waals surface area contributed by atoms with Gasteiger partial charge in [-0.3, -0.25) is 4.79 Å². The molecule has 0 amide bonds. The maximum absolute atomic E-state index is 11.0. The molecule has 0 fully saturated rings. The number of ketones is 1. The lowest BCUT2D eigenvalue weighted by Crippen LogP contribution is -2.40. The molecular weight excluding hydrogens is 250 g/mol. The molecule has 0 unspecified atom stereocenters. The van der Waals surface area contributed by atoms with Crippen molar-refractivity contribution in [3.63, 3.8) is 0 Å². The molecule has 0 atom stereocenters. The SMILES string of the molecule is [CH2]C(=O)c1ncc(CO[Si](C)(C)C(C)(C)C)s1. The van der Waals surface area contributed by atoms with Gasteiger partial charge in [-0.25, -0.2) is 4.98 Å². The van der Waals surface area contributed by atoms with E-state index in [2.05, 4.69) is 45.8 Å². The number of nitrogens with zero attached hydrogens (tertiary/aromatic N) is 1. The summed E-state index contributed by atoms with van der Waals surface area (Å²) >= 11 is 1.37. The highest BCUT2D eigenvalue weighted by molar-refractivity contribution is 7.13. The third-order valence-electron chi connectivity index (χ3n) is 3.17. The van der Waals surface area contributed by atoms with Gasteiger partial charge in [-0.2, -0.15) is 0 Å². The lowest BCUT2D eigenvalue weighted by molar-refractivity contribution is 0.104. The summed E-state index contributed by atoms with van der Waals surface area (Å²) in [7, 11) is -1.73. The number of carbonyl (C=O) groups excluding carboxylic acids is 1. The summed E-state index contributed by atoms with van der Waals surface area (Å²) in [5, 5.41) is 0.654. The van der Waals surface area contributed by atoms with E-state index in [1.54, 1.807) is 6.20 Å². The monoisotopic (exact) mass is 270 g/mol. The summed E-state index contributed by atoms with van der Waals surface area (Å²) in [5.41, 5.74) is 0. The Balaban J connectivity index is 2.64. The van der Waals surface area contributed by atoms with Gasteiger partial charge in [0, 0.05) is 18.0 Å². The summed E-state index contributed by atoms with van der Waals surface area (Å²) in [4.78, 5) is 16.0. The number of hydrogen-bond donors (Lipinski definition) is 0. The Morgan fingerprint density at radius 3 is 2.53 bits per heavy atom. The predicted molar refractivity (Wildman–Crippen MR) is 73.8 cm³/mol. The number of carbonyl (C=O) groups is 1. The predicted octanol–water partition coefficient (Wildman–Crippen LogP) is 3.68. The van der Waals surface area contributed by atoms with E-state index in [-0.39, 0.29) is 10.8 Å². The van der Waals surface area contributed by atoms with Crippen LogP contribution in [-0.2, 0) is 11.0 Å². The molecule has 17 heavy (non-hydrogen) atoms. The van der Waals surface area contributed by atoms with E-state index in [9.17, 15) is 4.79 Å². The van der Waals surface area contributed by atoms with Crippen molar-refractivity contribution in [2.45, 2.75) is 45.5 Å². The van der Waals surface area contributed by atoms with Crippen molar-refractivity contribution in [3.05, 3.63) is 23.0 Å². The van der Waals surface area contributed by atoms with E-state index in [4.69, 9.17) is 4.43 Å². The van der Waals surface area contributed by atoms with E-state index in [0.29, 0.717) is 11.6 Å². The van der Waals surface area contributed by atoms with Crippen molar-refractivity contribution < 1.29 is 9.22 Å². The first-order chi connectivity index (χ1) is 7.63. The second kappa shape index (κ2) is 5.00. The fraction of sp³-hybridized carbons (Fsp3) is 0.583. The molecular formula is C12H20NO2SSi. The lowest BCUT2D eigenvalue weighted by atomic mass is 10.2. The van der Waals surface area contributed by atoms with Crippen LogP contribution in [0.1, 0.15) is 35.5 Å². The van der Waals surface area contributed by atoms with Gasteiger partial charge in [0.25, 0.3) is 0 Å². The Hall–Kier alpha value is -0.523. The number of hydrogen-bond acceptors (Lipinski definition) is 4. The Morgan fingerprint density at radius 2 is 2.12 bits per heavy atom. The first-order valence-electron chi connectivity index (χ1n) is 5.58. The molecule has 0 aliphatic carbocycles. The van der Waals surface area contributed by atoms with Crippen LogP contribution in [0.5, 0.6) is 0 Å². The molecule has 0 spiro atoms. The molecule has 0 saturated carbocycles. The second-order valence-electron chi connectivity index (χ2n) is 5.60. The van der Waals surface area contributed by atoms with Crippen LogP contribution in [-0.4, -0.2) is 19.1 Å². The van der Waals surface area contributed by atoms with Gasteiger partial charge >= 0.3 is 0 Å². The fourth-order valence-corrected chi connectivity index (χ4v) is 2.72. The minimum absolute atomic E-state index is 0.197. The van der Waals surface area contributed by atoms with Gasteiger partial charge in [0.2, 0.25) is 0 Å². The standard InChI is InChI=1S/C12H20NO2SSi/c1-9(14)11-13-7-10(16-11)8-15-17(5,6)12(2,3)4/h7H,1,8H2,2-6H3. The van der Waals surface area contributed by atoms with E-state index < -0.39 is 8.32 Å². The zero-order chi connectivity index (χ0) is 13.3. The fourth-order valence-electron chi connectivity index (χ4n) is 0.971. The molecule has 95 valence electrons. The van der Waals surface area contributed by atoms with Crippen LogP contribution in [0.2, 0.25) is 18.1 Å². The molecule has 3 nitrogen and oxygen atoms in total. The normalized spacial score (nSPS) is 12.8. The average Bonchev–Trinajstić information content (AvgIpc) is 2.61. The minimum atomic E-state index is -1.73. The van der Waals surface area contributed by atoms with Gasteiger partial charge < -0.3 is 4.43 Å². The van der Waals surface area contributed by atoms with Gasteiger partial charge in [-0.1, -0.05) is 20.8 Å². The quantitative estimate of drug-likeness (QED) is 0.619. The molecule has 0 aromatic carbocycles. The van der Waals surface area contributed by atoms with Gasteiger partial charge in [-0.15, -0.1) is 11.3 Å². The second-order valence-corrected chi connectivity index (χ2v) is 11.5. The Labute approximate surface area is 108 Å². The van der Waals surface area contributed by atoms with Crippen molar-refractivity contribution >= 4 is 25.4 Å². The summed E-state index contributed by atoms with van der Waals surface area (Å²) in [6, 6.07) is 0. The van der Waals surface area contributed by atoms with E-state index in [1.807, 2.05) is 0 Å². The molecule has 1 rings (SSSR count). The van der Waals surface area contributed by atoms with Crippen LogP contribution in [0.4, 0.5) is 0 Å². The van der Waals surface area contributed by atoms with Crippen molar-refractivity contribution in [1.82, 2.24) is 4.98 Å². The third kappa shape index (κ3) is 3.72.